The van der Waals surface area contributed by atoms with E-state index < -0.39 is 11.6 Å². The summed E-state index contributed by atoms with van der Waals surface area (Å²) >= 11 is 0. The third-order valence-corrected chi connectivity index (χ3v) is 3.64. The third kappa shape index (κ3) is 5.77. The second kappa shape index (κ2) is 8.50. The van der Waals surface area contributed by atoms with E-state index in [9.17, 15) is 4.79 Å². The van der Waals surface area contributed by atoms with Gasteiger partial charge in [0.2, 0.25) is 5.89 Å². The number of aryl methyl sites for hydroxylation is 1. The molecule has 132 valence electrons. The molecule has 1 heterocycles. The first-order valence-electron chi connectivity index (χ1n) is 8.23. The summed E-state index contributed by atoms with van der Waals surface area (Å²) in [6.07, 6.45) is 3.50. The normalized spacial score (nSPS) is 11.0. The minimum atomic E-state index is -1.15. The van der Waals surface area contributed by atoms with Crippen molar-refractivity contribution in [3.63, 3.8) is 0 Å². The molecule has 0 unspecified atom stereocenters. The maximum absolute atomic E-state index is 10.9. The Labute approximate surface area is 148 Å². The summed E-state index contributed by atoms with van der Waals surface area (Å²) in [5, 5.41) is 8.94. The Hall–Kier alpha value is -2.58. The first kappa shape index (κ1) is 18.8. The monoisotopic (exact) mass is 341 g/mol. The van der Waals surface area contributed by atoms with Gasteiger partial charge in [-0.15, -0.1) is 5.92 Å². The van der Waals surface area contributed by atoms with Gasteiger partial charge in [-0.05, 0) is 39.3 Å². The van der Waals surface area contributed by atoms with Crippen LogP contribution in [-0.2, 0) is 16.0 Å². The smallest absolute Gasteiger partial charge is 0.335 e. The summed E-state index contributed by atoms with van der Waals surface area (Å²) in [5.41, 5.74) is 1.76. The predicted molar refractivity (Wildman–Crippen MR) is 95.1 cm³/mol. The molecule has 0 aliphatic carbocycles. The molecule has 5 nitrogen and oxygen atoms in total. The number of carbonyl (C=O) groups is 1. The van der Waals surface area contributed by atoms with Gasteiger partial charge in [0.15, 0.2) is 5.60 Å². The van der Waals surface area contributed by atoms with E-state index in [2.05, 4.69) is 16.8 Å². The van der Waals surface area contributed by atoms with Gasteiger partial charge in [0.1, 0.15) is 6.26 Å². The summed E-state index contributed by atoms with van der Waals surface area (Å²) in [6, 6.07) is 8.00. The third-order valence-electron chi connectivity index (χ3n) is 3.64. The van der Waals surface area contributed by atoms with E-state index in [4.69, 9.17) is 14.3 Å². The zero-order chi connectivity index (χ0) is 18.3. The highest BCUT2D eigenvalue weighted by atomic mass is 16.5. The Kier molecular flexibility index (Phi) is 6.37. The summed E-state index contributed by atoms with van der Waals surface area (Å²) in [5.74, 6) is 5.74. The molecule has 0 amide bonds. The lowest BCUT2D eigenvalue weighted by atomic mass is 10.1. The first-order chi connectivity index (χ1) is 11.9. The highest BCUT2D eigenvalue weighted by molar-refractivity contribution is 5.76. The Morgan fingerprint density at radius 3 is 2.88 bits per heavy atom. The van der Waals surface area contributed by atoms with Crippen molar-refractivity contribution in [1.82, 2.24) is 4.98 Å². The number of unbranched alkanes of at least 4 members (excludes halogenated alkanes) is 1. The van der Waals surface area contributed by atoms with Gasteiger partial charge in [0.25, 0.3) is 0 Å². The minimum absolute atomic E-state index is 0.370. The number of hydrogen-bond donors (Lipinski definition) is 1. The molecule has 1 N–H and O–H groups in total. The molecule has 0 bridgehead atoms. The zero-order valence-electron chi connectivity index (χ0n) is 14.8. The number of aromatic nitrogens is 1. The Morgan fingerprint density at radius 1 is 1.36 bits per heavy atom. The maximum Gasteiger partial charge on any atom is 0.335 e. The SMILES string of the molecule is Cc1cccc(-c2nc(CC#CCCCOC(C)(C)C(=O)O)co2)c1. The summed E-state index contributed by atoms with van der Waals surface area (Å²) < 4.78 is 10.8. The van der Waals surface area contributed by atoms with E-state index in [1.807, 2.05) is 31.2 Å². The zero-order valence-corrected chi connectivity index (χ0v) is 14.8. The Morgan fingerprint density at radius 2 is 2.16 bits per heavy atom. The number of carboxylic acids is 1. The van der Waals surface area contributed by atoms with E-state index in [-0.39, 0.29) is 0 Å². The fourth-order valence-electron chi connectivity index (χ4n) is 2.09. The average Bonchev–Trinajstić information content (AvgIpc) is 3.02. The van der Waals surface area contributed by atoms with Gasteiger partial charge in [-0.3, -0.25) is 0 Å². The van der Waals surface area contributed by atoms with Gasteiger partial charge in [-0.1, -0.05) is 23.6 Å². The summed E-state index contributed by atoms with van der Waals surface area (Å²) in [6.45, 7) is 5.48. The molecule has 0 aliphatic rings. The van der Waals surface area contributed by atoms with E-state index in [1.165, 1.54) is 13.8 Å². The van der Waals surface area contributed by atoms with Crippen molar-refractivity contribution in [2.24, 2.45) is 0 Å². The number of hydrogen-bond acceptors (Lipinski definition) is 4. The van der Waals surface area contributed by atoms with Crippen LogP contribution in [0, 0.1) is 18.8 Å². The van der Waals surface area contributed by atoms with Gasteiger partial charge in [-0.2, -0.15) is 0 Å². The summed E-state index contributed by atoms with van der Waals surface area (Å²) in [4.78, 5) is 15.3. The van der Waals surface area contributed by atoms with Gasteiger partial charge >= 0.3 is 5.97 Å². The van der Waals surface area contributed by atoms with Crippen LogP contribution in [0.25, 0.3) is 11.5 Å². The van der Waals surface area contributed by atoms with Gasteiger partial charge < -0.3 is 14.3 Å². The van der Waals surface area contributed by atoms with E-state index in [1.54, 1.807) is 6.26 Å². The van der Waals surface area contributed by atoms with Gasteiger partial charge in [0, 0.05) is 18.6 Å². The topological polar surface area (TPSA) is 72.6 Å². The van der Waals surface area contributed by atoms with Gasteiger partial charge in [0.05, 0.1) is 12.1 Å². The highest BCUT2D eigenvalue weighted by Gasteiger charge is 2.27. The van der Waals surface area contributed by atoms with Crippen LogP contribution in [0.4, 0.5) is 0 Å². The predicted octanol–water partition coefficient (Wildman–Crippen LogP) is 3.86. The Bertz CT molecular complexity index is 780. The molecule has 0 aliphatic heterocycles. The lowest BCUT2D eigenvalue weighted by Gasteiger charge is -2.19. The first-order valence-corrected chi connectivity index (χ1v) is 8.23. The summed E-state index contributed by atoms with van der Waals surface area (Å²) in [7, 11) is 0. The molecule has 5 heteroatoms. The fraction of sp³-hybridized carbons (Fsp3) is 0.400. The number of benzene rings is 1. The van der Waals surface area contributed by atoms with Crippen molar-refractivity contribution in [3.8, 4) is 23.3 Å². The number of aliphatic carboxylic acids is 1. The van der Waals surface area contributed by atoms with Crippen LogP contribution in [-0.4, -0.2) is 28.3 Å². The largest absolute Gasteiger partial charge is 0.479 e. The molecule has 2 aromatic rings. The van der Waals surface area contributed by atoms with Crippen LogP contribution in [0.1, 0.15) is 37.9 Å². The number of rotatable bonds is 7. The molecule has 0 atom stereocenters. The van der Waals surface area contributed by atoms with Crippen LogP contribution in [0.3, 0.4) is 0 Å². The van der Waals surface area contributed by atoms with Crippen LogP contribution in [0.15, 0.2) is 34.9 Å². The van der Waals surface area contributed by atoms with Crippen molar-refractivity contribution in [2.45, 2.75) is 45.6 Å². The van der Waals surface area contributed by atoms with E-state index in [0.29, 0.717) is 31.8 Å². The average molecular weight is 341 g/mol. The lowest BCUT2D eigenvalue weighted by molar-refractivity contribution is -0.161. The molecule has 1 aromatic heterocycles. The number of ether oxygens (including phenoxy) is 1. The van der Waals surface area contributed by atoms with Crippen molar-refractivity contribution in [2.75, 3.05) is 6.61 Å². The van der Waals surface area contributed by atoms with Crippen LogP contribution in [0.2, 0.25) is 0 Å². The molecular formula is C20H23NO4. The van der Waals surface area contributed by atoms with Crippen LogP contribution >= 0.6 is 0 Å². The van der Waals surface area contributed by atoms with Crippen LogP contribution < -0.4 is 0 Å². The molecule has 2 rings (SSSR count). The second-order valence-corrected chi connectivity index (χ2v) is 6.31. The lowest BCUT2D eigenvalue weighted by Crippen LogP contribution is -2.34. The van der Waals surface area contributed by atoms with Crippen molar-refractivity contribution in [1.29, 1.82) is 0 Å². The van der Waals surface area contributed by atoms with Crippen molar-refractivity contribution < 1.29 is 19.1 Å². The molecule has 0 saturated carbocycles. The molecule has 0 saturated heterocycles. The molecule has 0 fully saturated rings. The quantitative estimate of drug-likeness (QED) is 0.611. The maximum atomic E-state index is 10.9. The van der Waals surface area contributed by atoms with E-state index >= 15 is 0 Å². The standard InChI is InChI=1S/C20H23NO4/c1-15-9-8-10-16(13-15)18-21-17(14-24-18)11-6-4-5-7-12-25-20(2,3)19(22)23/h8-10,13-14H,5,7,11-12H2,1-3H3,(H,22,23). The molecule has 0 radical (unpaired) electrons. The number of oxazole rings is 1. The molecular weight excluding hydrogens is 318 g/mol. The molecule has 25 heavy (non-hydrogen) atoms. The number of carboxylic acid groups (broad SMARTS) is 1. The number of nitrogens with zero attached hydrogens (tertiary/aromatic N) is 1. The minimum Gasteiger partial charge on any atom is -0.479 e. The second-order valence-electron chi connectivity index (χ2n) is 6.31. The van der Waals surface area contributed by atoms with E-state index in [0.717, 1.165) is 16.8 Å². The Balaban J connectivity index is 1.76. The highest BCUT2D eigenvalue weighted by Crippen LogP contribution is 2.19. The fourth-order valence-corrected chi connectivity index (χ4v) is 2.09. The van der Waals surface area contributed by atoms with Gasteiger partial charge in [-0.25, -0.2) is 9.78 Å². The van der Waals surface area contributed by atoms with Crippen molar-refractivity contribution >= 4 is 5.97 Å². The van der Waals surface area contributed by atoms with Crippen molar-refractivity contribution in [3.05, 3.63) is 41.8 Å². The van der Waals surface area contributed by atoms with Crippen LogP contribution in [0.5, 0.6) is 0 Å². The molecule has 0 spiro atoms. The molecule has 1 aromatic carbocycles.